The Morgan fingerprint density at radius 3 is 2.09 bits per heavy atom. The third kappa shape index (κ3) is 6.39. The van der Waals surface area contributed by atoms with Gasteiger partial charge in [-0.15, -0.1) is 0 Å². The van der Waals surface area contributed by atoms with E-state index in [1.165, 1.54) is 48.5 Å². The number of rotatable bonds is 10. The van der Waals surface area contributed by atoms with Crippen molar-refractivity contribution in [3.63, 3.8) is 0 Å². The quantitative estimate of drug-likeness (QED) is 0.412. The van der Waals surface area contributed by atoms with Gasteiger partial charge in [-0.3, -0.25) is 9.59 Å². The maximum atomic E-state index is 14.1. The van der Waals surface area contributed by atoms with Crippen LogP contribution in [-0.2, 0) is 4.79 Å². The second-order valence-corrected chi connectivity index (χ2v) is 6.43. The van der Waals surface area contributed by atoms with E-state index in [9.17, 15) is 28.7 Å². The van der Waals surface area contributed by atoms with Crippen LogP contribution in [-0.4, -0.2) is 53.7 Å². The molecule has 0 aliphatic heterocycles. The lowest BCUT2D eigenvalue weighted by molar-refractivity contribution is -0.134. The summed E-state index contributed by atoms with van der Waals surface area (Å²) in [5.41, 5.74) is -0.392. The number of benzene rings is 2. The molecule has 0 aromatic heterocycles. The number of ether oxygens (including phenoxy) is 1. The Labute approximate surface area is 182 Å². The molecule has 0 radical (unpaired) electrons. The van der Waals surface area contributed by atoms with E-state index < -0.39 is 36.8 Å². The van der Waals surface area contributed by atoms with E-state index in [0.717, 1.165) is 0 Å². The summed E-state index contributed by atoms with van der Waals surface area (Å²) in [6.45, 7) is 1.21. The van der Waals surface area contributed by atoms with Gasteiger partial charge in [0.15, 0.2) is 0 Å². The number of hydrogen-bond acceptors (Lipinski definition) is 5. The molecule has 10 heteroatoms. The molecule has 9 nitrogen and oxygen atoms in total. The number of hydrogen-bond donors (Lipinski definition) is 4. The van der Waals surface area contributed by atoms with Crippen LogP contribution < -0.4 is 15.4 Å². The minimum absolute atomic E-state index is 0.156. The van der Waals surface area contributed by atoms with Crippen molar-refractivity contribution in [2.75, 3.05) is 19.7 Å². The molecule has 0 atom stereocenters. The van der Waals surface area contributed by atoms with Crippen molar-refractivity contribution in [3.8, 4) is 5.75 Å². The Hall–Kier alpha value is -4.21. The van der Waals surface area contributed by atoms with Gasteiger partial charge in [0.05, 0.1) is 11.1 Å². The van der Waals surface area contributed by atoms with Crippen LogP contribution in [0.2, 0.25) is 0 Å². The number of aromatic carboxylic acids is 1. The third-order valence-electron chi connectivity index (χ3n) is 4.23. The van der Waals surface area contributed by atoms with Gasteiger partial charge in [-0.2, -0.15) is 4.39 Å². The highest BCUT2D eigenvalue weighted by Gasteiger charge is 2.19. The molecule has 32 heavy (non-hydrogen) atoms. The molecule has 2 amide bonds. The van der Waals surface area contributed by atoms with E-state index in [0.29, 0.717) is 12.1 Å². The topological polar surface area (TPSA) is 142 Å². The summed E-state index contributed by atoms with van der Waals surface area (Å²) in [6.07, 6.45) is 0. The fourth-order valence-electron chi connectivity index (χ4n) is 2.63. The zero-order valence-electron chi connectivity index (χ0n) is 17.1. The lowest BCUT2D eigenvalue weighted by atomic mass is 10.1. The average Bonchev–Trinajstić information content (AvgIpc) is 2.78. The molecule has 0 aliphatic rings. The first kappa shape index (κ1) is 24.1. The van der Waals surface area contributed by atoms with Gasteiger partial charge >= 0.3 is 11.9 Å². The third-order valence-corrected chi connectivity index (χ3v) is 4.23. The SMILES string of the molecule is CCNC(=O)c1ccc(OC/C(CNC(=O)c2ccccc2C(=O)O)=C(/F)C(=O)O)cc1. The Balaban J connectivity index is 2.09. The van der Waals surface area contributed by atoms with Crippen molar-refractivity contribution in [2.24, 2.45) is 0 Å². The minimum Gasteiger partial charge on any atom is -0.489 e. The highest BCUT2D eigenvalue weighted by molar-refractivity contribution is 6.04. The summed E-state index contributed by atoms with van der Waals surface area (Å²) in [6, 6.07) is 11.3. The van der Waals surface area contributed by atoms with Gasteiger partial charge in [-0.05, 0) is 43.3 Å². The molecule has 2 aromatic carbocycles. The molecule has 0 saturated heterocycles. The van der Waals surface area contributed by atoms with Crippen molar-refractivity contribution >= 4 is 23.8 Å². The smallest absolute Gasteiger partial charge is 0.364 e. The zero-order chi connectivity index (χ0) is 23.7. The van der Waals surface area contributed by atoms with Crippen LogP contribution in [0.15, 0.2) is 59.9 Å². The maximum Gasteiger partial charge on any atom is 0.364 e. The molecule has 0 heterocycles. The van der Waals surface area contributed by atoms with Crippen molar-refractivity contribution in [2.45, 2.75) is 6.92 Å². The van der Waals surface area contributed by atoms with Crippen LogP contribution in [0.4, 0.5) is 4.39 Å². The number of amides is 2. The molecule has 4 N–H and O–H groups in total. The van der Waals surface area contributed by atoms with Gasteiger partial charge in [0.25, 0.3) is 11.8 Å². The first-order valence-electron chi connectivity index (χ1n) is 9.47. The fraction of sp³-hybridized carbons (Fsp3) is 0.182. The average molecular weight is 444 g/mol. The predicted molar refractivity (Wildman–Crippen MR) is 111 cm³/mol. The molecule has 0 aliphatic carbocycles. The fourth-order valence-corrected chi connectivity index (χ4v) is 2.63. The Bertz CT molecular complexity index is 1050. The lowest BCUT2D eigenvalue weighted by Crippen LogP contribution is -2.29. The number of aliphatic carboxylic acids is 1. The van der Waals surface area contributed by atoms with Crippen molar-refractivity contribution in [1.82, 2.24) is 10.6 Å². The maximum absolute atomic E-state index is 14.1. The number of nitrogens with one attached hydrogen (secondary N) is 2. The highest BCUT2D eigenvalue weighted by atomic mass is 19.1. The van der Waals surface area contributed by atoms with Crippen molar-refractivity contribution in [3.05, 3.63) is 76.6 Å². The van der Waals surface area contributed by atoms with Crippen LogP contribution in [0.5, 0.6) is 5.75 Å². The first-order valence-corrected chi connectivity index (χ1v) is 9.47. The summed E-state index contributed by atoms with van der Waals surface area (Å²) < 4.78 is 19.5. The van der Waals surface area contributed by atoms with E-state index in [1.54, 1.807) is 6.92 Å². The number of carboxylic acids is 2. The number of halogens is 1. The standard InChI is InChI=1S/C22H21FN2O7/c1-2-24-19(26)13-7-9-15(10-8-13)32-12-14(18(23)22(30)31)11-25-20(27)16-5-3-4-6-17(16)21(28)29/h3-10H,2,11-12H2,1H3,(H,24,26)(H,25,27)(H,28,29)(H,30,31)/b18-14+. The second-order valence-electron chi connectivity index (χ2n) is 6.43. The summed E-state index contributed by atoms with van der Waals surface area (Å²) in [5, 5.41) is 23.1. The number of carbonyl (C=O) groups excluding carboxylic acids is 2. The number of carbonyl (C=O) groups is 4. The van der Waals surface area contributed by atoms with E-state index in [1.807, 2.05) is 0 Å². The summed E-state index contributed by atoms with van der Waals surface area (Å²) in [5.74, 6) is -5.50. The Morgan fingerprint density at radius 1 is 0.906 bits per heavy atom. The van der Waals surface area contributed by atoms with E-state index in [-0.39, 0.29) is 28.4 Å². The summed E-state index contributed by atoms with van der Waals surface area (Å²) in [4.78, 5) is 46.4. The van der Waals surface area contributed by atoms with Crippen molar-refractivity contribution in [1.29, 1.82) is 0 Å². The molecule has 0 spiro atoms. The molecule has 0 saturated carbocycles. The lowest BCUT2D eigenvalue weighted by Gasteiger charge is -2.13. The van der Waals surface area contributed by atoms with Crippen LogP contribution >= 0.6 is 0 Å². The first-order chi connectivity index (χ1) is 15.2. The normalized spacial score (nSPS) is 11.2. The van der Waals surface area contributed by atoms with E-state index in [4.69, 9.17) is 9.84 Å². The molecule has 0 unspecified atom stereocenters. The van der Waals surface area contributed by atoms with Gasteiger partial charge in [0.2, 0.25) is 5.83 Å². The highest BCUT2D eigenvalue weighted by Crippen LogP contribution is 2.15. The van der Waals surface area contributed by atoms with Gasteiger partial charge in [0.1, 0.15) is 12.4 Å². The molecule has 2 rings (SSSR count). The van der Waals surface area contributed by atoms with Crippen molar-refractivity contribution < 1.29 is 38.5 Å². The van der Waals surface area contributed by atoms with Gasteiger partial charge in [0, 0.05) is 24.2 Å². The van der Waals surface area contributed by atoms with E-state index in [2.05, 4.69) is 10.6 Å². The van der Waals surface area contributed by atoms with E-state index >= 15 is 0 Å². The molecule has 2 aromatic rings. The van der Waals surface area contributed by atoms with Crippen LogP contribution in [0.3, 0.4) is 0 Å². The monoisotopic (exact) mass is 444 g/mol. The predicted octanol–water partition coefficient (Wildman–Crippen LogP) is 2.25. The van der Waals surface area contributed by atoms with Gasteiger partial charge in [-0.1, -0.05) is 12.1 Å². The molecule has 168 valence electrons. The minimum atomic E-state index is -1.84. The zero-order valence-corrected chi connectivity index (χ0v) is 17.1. The number of carboxylic acid groups (broad SMARTS) is 2. The summed E-state index contributed by atoms with van der Waals surface area (Å²) in [7, 11) is 0. The Morgan fingerprint density at radius 2 is 1.53 bits per heavy atom. The van der Waals surface area contributed by atoms with Crippen LogP contribution in [0, 0.1) is 0 Å². The summed E-state index contributed by atoms with van der Waals surface area (Å²) >= 11 is 0. The Kier molecular flexibility index (Phi) is 8.46. The molecule has 0 fully saturated rings. The molecule has 0 bridgehead atoms. The van der Waals surface area contributed by atoms with Crippen LogP contribution in [0.25, 0.3) is 0 Å². The van der Waals surface area contributed by atoms with Gasteiger partial charge < -0.3 is 25.6 Å². The van der Waals surface area contributed by atoms with Gasteiger partial charge in [-0.25, -0.2) is 9.59 Å². The van der Waals surface area contributed by atoms with Crippen LogP contribution in [0.1, 0.15) is 38.0 Å². The second kappa shape index (κ2) is 11.3. The molecular weight excluding hydrogens is 423 g/mol. The molecular formula is C22H21FN2O7. The largest absolute Gasteiger partial charge is 0.489 e.